The highest BCUT2D eigenvalue weighted by Crippen LogP contribution is 2.21. The molecule has 6 nitrogen and oxygen atoms in total. The predicted octanol–water partition coefficient (Wildman–Crippen LogP) is 3.64. The van der Waals surface area contributed by atoms with Crippen molar-refractivity contribution in [3.63, 3.8) is 0 Å². The van der Waals surface area contributed by atoms with Gasteiger partial charge in [-0.05, 0) is 38.1 Å². The first-order valence-electron chi connectivity index (χ1n) is 8.99. The third-order valence-electron chi connectivity index (χ3n) is 4.29. The van der Waals surface area contributed by atoms with Crippen LogP contribution in [0, 0.1) is 6.92 Å². The molecule has 1 amide bonds. The van der Waals surface area contributed by atoms with Crippen molar-refractivity contribution in [2.75, 3.05) is 24.8 Å². The van der Waals surface area contributed by atoms with Crippen molar-refractivity contribution in [3.05, 3.63) is 64.4 Å². The van der Waals surface area contributed by atoms with Gasteiger partial charge in [-0.25, -0.2) is 4.98 Å². The van der Waals surface area contributed by atoms with Crippen LogP contribution in [0.1, 0.15) is 18.5 Å². The number of hydrogen-bond acceptors (Lipinski definition) is 5. The van der Waals surface area contributed by atoms with E-state index in [1.165, 1.54) is 11.8 Å². The fraction of sp³-hybridized carbons (Fsp3) is 0.286. The van der Waals surface area contributed by atoms with Gasteiger partial charge in [0.15, 0.2) is 5.16 Å². The van der Waals surface area contributed by atoms with Crippen LogP contribution in [0.4, 0.5) is 5.69 Å². The van der Waals surface area contributed by atoms with Crippen molar-refractivity contribution in [1.29, 1.82) is 0 Å². The number of hydrogen-bond donors (Lipinski definition) is 1. The van der Waals surface area contributed by atoms with E-state index in [4.69, 9.17) is 4.74 Å². The van der Waals surface area contributed by atoms with Crippen LogP contribution in [0.3, 0.4) is 0 Å². The molecular formula is C21H23N3O3S. The Kier molecular flexibility index (Phi) is 6.49. The van der Waals surface area contributed by atoms with Crippen LogP contribution in [0.25, 0.3) is 10.9 Å². The van der Waals surface area contributed by atoms with Gasteiger partial charge in [0.25, 0.3) is 5.56 Å². The topological polar surface area (TPSA) is 73.2 Å². The number of thioether (sulfide) groups is 1. The van der Waals surface area contributed by atoms with Gasteiger partial charge in [-0.15, -0.1) is 0 Å². The molecule has 1 N–H and O–H groups in total. The SMILES string of the molecule is COCC(C)n1c(SCC(=O)Nc2ccc(C)cc2)nc2ccccc2c1=O. The summed E-state index contributed by atoms with van der Waals surface area (Å²) in [6, 6.07) is 14.6. The number of anilines is 1. The number of carbonyl (C=O) groups is 1. The van der Waals surface area contributed by atoms with Crippen LogP contribution in [0.15, 0.2) is 58.5 Å². The quantitative estimate of drug-likeness (QED) is 0.487. The number of aromatic nitrogens is 2. The summed E-state index contributed by atoms with van der Waals surface area (Å²) in [4.78, 5) is 30.0. The van der Waals surface area contributed by atoms with Crippen molar-refractivity contribution in [3.8, 4) is 0 Å². The van der Waals surface area contributed by atoms with Crippen LogP contribution in [-0.4, -0.2) is 34.9 Å². The van der Waals surface area contributed by atoms with Gasteiger partial charge < -0.3 is 10.1 Å². The zero-order valence-corrected chi connectivity index (χ0v) is 17.0. The van der Waals surface area contributed by atoms with E-state index >= 15 is 0 Å². The molecule has 0 aliphatic heterocycles. The summed E-state index contributed by atoms with van der Waals surface area (Å²) in [5.41, 5.74) is 2.36. The predicted molar refractivity (Wildman–Crippen MR) is 113 cm³/mol. The molecule has 2 aromatic carbocycles. The lowest BCUT2D eigenvalue weighted by molar-refractivity contribution is -0.113. The number of aryl methyl sites for hydroxylation is 1. The van der Waals surface area contributed by atoms with E-state index in [0.29, 0.717) is 22.7 Å². The van der Waals surface area contributed by atoms with E-state index in [2.05, 4.69) is 10.3 Å². The van der Waals surface area contributed by atoms with Crippen molar-refractivity contribution in [2.45, 2.75) is 25.0 Å². The molecule has 3 rings (SSSR count). The molecule has 0 fully saturated rings. The number of fused-ring (bicyclic) bond motifs is 1. The van der Waals surface area contributed by atoms with E-state index in [0.717, 1.165) is 11.3 Å². The molecule has 0 saturated carbocycles. The molecule has 146 valence electrons. The lowest BCUT2D eigenvalue weighted by atomic mass is 10.2. The fourth-order valence-electron chi connectivity index (χ4n) is 2.90. The maximum Gasteiger partial charge on any atom is 0.262 e. The van der Waals surface area contributed by atoms with Crippen molar-refractivity contribution in [2.24, 2.45) is 0 Å². The number of nitrogens with zero attached hydrogens (tertiary/aromatic N) is 2. The molecule has 0 aliphatic rings. The van der Waals surface area contributed by atoms with Gasteiger partial charge >= 0.3 is 0 Å². The minimum absolute atomic E-state index is 0.128. The van der Waals surface area contributed by atoms with Crippen LogP contribution in [0.2, 0.25) is 0 Å². The Hall–Kier alpha value is -2.64. The Labute approximate surface area is 167 Å². The van der Waals surface area contributed by atoms with E-state index in [1.54, 1.807) is 23.8 Å². The third kappa shape index (κ3) is 4.61. The van der Waals surface area contributed by atoms with Gasteiger partial charge in [0.05, 0.1) is 29.3 Å². The first-order valence-corrected chi connectivity index (χ1v) is 9.97. The normalized spacial score (nSPS) is 12.1. The first-order chi connectivity index (χ1) is 13.5. The van der Waals surface area contributed by atoms with Gasteiger partial charge in [-0.3, -0.25) is 14.2 Å². The van der Waals surface area contributed by atoms with Crippen LogP contribution >= 0.6 is 11.8 Å². The van der Waals surface area contributed by atoms with E-state index in [1.807, 2.05) is 50.2 Å². The summed E-state index contributed by atoms with van der Waals surface area (Å²) in [6.07, 6.45) is 0. The second kappa shape index (κ2) is 9.03. The van der Waals surface area contributed by atoms with Gasteiger partial charge in [0.2, 0.25) is 5.91 Å². The summed E-state index contributed by atoms with van der Waals surface area (Å²) >= 11 is 1.24. The molecule has 0 saturated heterocycles. The maximum atomic E-state index is 13.0. The van der Waals surface area contributed by atoms with E-state index in [-0.39, 0.29) is 23.3 Å². The molecule has 0 bridgehead atoms. The van der Waals surface area contributed by atoms with Crippen LogP contribution in [-0.2, 0) is 9.53 Å². The van der Waals surface area contributed by atoms with Crippen LogP contribution in [0.5, 0.6) is 0 Å². The lowest BCUT2D eigenvalue weighted by Gasteiger charge is -2.18. The lowest BCUT2D eigenvalue weighted by Crippen LogP contribution is -2.29. The standard InChI is InChI=1S/C21H23N3O3S/c1-14-8-10-16(11-9-14)22-19(25)13-28-21-23-18-7-5-4-6-17(18)20(26)24(21)15(2)12-27-3/h4-11,15H,12-13H2,1-3H3,(H,22,25). The number of para-hydroxylation sites is 1. The highest BCUT2D eigenvalue weighted by atomic mass is 32.2. The molecule has 7 heteroatoms. The number of amides is 1. The Morgan fingerprint density at radius 3 is 2.64 bits per heavy atom. The van der Waals surface area contributed by atoms with Crippen molar-refractivity contribution < 1.29 is 9.53 Å². The molecule has 0 radical (unpaired) electrons. The van der Waals surface area contributed by atoms with E-state index in [9.17, 15) is 9.59 Å². The maximum absolute atomic E-state index is 13.0. The average Bonchev–Trinajstić information content (AvgIpc) is 2.68. The highest BCUT2D eigenvalue weighted by Gasteiger charge is 2.17. The van der Waals surface area contributed by atoms with Crippen molar-refractivity contribution >= 4 is 34.3 Å². The molecule has 1 unspecified atom stereocenters. The van der Waals surface area contributed by atoms with Gasteiger partial charge in [-0.2, -0.15) is 0 Å². The number of methoxy groups -OCH3 is 1. The molecule has 0 aliphatic carbocycles. The van der Waals surface area contributed by atoms with Crippen molar-refractivity contribution in [1.82, 2.24) is 9.55 Å². The summed E-state index contributed by atoms with van der Waals surface area (Å²) in [5, 5.41) is 3.93. The smallest absolute Gasteiger partial charge is 0.262 e. The van der Waals surface area contributed by atoms with Gasteiger partial charge in [-0.1, -0.05) is 41.6 Å². The summed E-state index contributed by atoms with van der Waals surface area (Å²) in [6.45, 7) is 4.27. The summed E-state index contributed by atoms with van der Waals surface area (Å²) in [7, 11) is 1.60. The Morgan fingerprint density at radius 2 is 1.93 bits per heavy atom. The molecule has 3 aromatic rings. The third-order valence-corrected chi connectivity index (χ3v) is 5.24. The second-order valence-corrected chi connectivity index (χ2v) is 7.54. The van der Waals surface area contributed by atoms with Gasteiger partial charge in [0.1, 0.15) is 0 Å². The van der Waals surface area contributed by atoms with E-state index < -0.39 is 0 Å². The highest BCUT2D eigenvalue weighted by molar-refractivity contribution is 7.99. The molecule has 1 atom stereocenters. The molecule has 0 spiro atoms. The molecule has 28 heavy (non-hydrogen) atoms. The van der Waals surface area contributed by atoms with Crippen LogP contribution < -0.4 is 10.9 Å². The molecule has 1 aromatic heterocycles. The summed E-state index contributed by atoms with van der Waals surface area (Å²) < 4.78 is 6.83. The summed E-state index contributed by atoms with van der Waals surface area (Å²) in [5.74, 6) is 0.000414. The zero-order chi connectivity index (χ0) is 20.1. The minimum atomic E-state index is -0.197. The number of benzene rings is 2. The number of nitrogens with one attached hydrogen (secondary N) is 1. The second-order valence-electron chi connectivity index (χ2n) is 6.59. The minimum Gasteiger partial charge on any atom is -0.383 e. The number of rotatable bonds is 7. The first kappa shape index (κ1) is 20.1. The number of carbonyl (C=O) groups excluding carboxylic acids is 1. The average molecular weight is 398 g/mol. The Bertz CT molecular complexity index is 1030. The Balaban J connectivity index is 1.84. The molecule has 1 heterocycles. The zero-order valence-electron chi connectivity index (χ0n) is 16.1. The number of ether oxygens (including phenoxy) is 1. The fourth-order valence-corrected chi connectivity index (χ4v) is 3.79. The molecular weight excluding hydrogens is 374 g/mol. The Morgan fingerprint density at radius 1 is 1.21 bits per heavy atom. The monoisotopic (exact) mass is 397 g/mol. The largest absolute Gasteiger partial charge is 0.383 e. The van der Waals surface area contributed by atoms with Gasteiger partial charge in [0, 0.05) is 12.8 Å².